The van der Waals surface area contributed by atoms with Gasteiger partial charge in [-0.3, -0.25) is 14.2 Å². The number of carbonyl (C=O) groups excluding carboxylic acids is 1. The number of pyridine rings is 1. The Morgan fingerprint density at radius 2 is 1.64 bits per heavy atom. The molecule has 0 bridgehead atoms. The van der Waals surface area contributed by atoms with Crippen molar-refractivity contribution in [1.29, 1.82) is 0 Å². The highest BCUT2D eigenvalue weighted by molar-refractivity contribution is 5.94. The molecule has 1 aromatic carbocycles. The predicted molar refractivity (Wildman–Crippen MR) is 122 cm³/mol. The molecule has 0 atom stereocenters. The number of methoxy groups -OCH3 is 1. The molecule has 0 saturated carbocycles. The van der Waals surface area contributed by atoms with Gasteiger partial charge in [0.1, 0.15) is 11.3 Å². The number of fused-ring (bicyclic) bond motifs is 1. The van der Waals surface area contributed by atoms with E-state index < -0.39 is 11.5 Å². The third-order valence-electron chi connectivity index (χ3n) is 5.55. The van der Waals surface area contributed by atoms with Crippen LogP contribution in [-0.4, -0.2) is 68.6 Å². The summed E-state index contributed by atoms with van der Waals surface area (Å²) in [6.45, 7) is 1.98. The van der Waals surface area contributed by atoms with Gasteiger partial charge in [-0.15, -0.1) is 0 Å². The molecule has 3 aromatic heterocycles. The smallest absolute Gasteiger partial charge is 0.288 e. The van der Waals surface area contributed by atoms with Crippen molar-refractivity contribution < 1.29 is 9.53 Å². The summed E-state index contributed by atoms with van der Waals surface area (Å²) in [7, 11) is 1.53. The van der Waals surface area contributed by atoms with Gasteiger partial charge >= 0.3 is 0 Å². The van der Waals surface area contributed by atoms with Crippen molar-refractivity contribution in [3.8, 4) is 11.4 Å². The zero-order chi connectivity index (χ0) is 22.8. The lowest BCUT2D eigenvalue weighted by Gasteiger charge is -2.34. The number of carbonyl (C=O) groups is 1. The van der Waals surface area contributed by atoms with Gasteiger partial charge in [-0.1, -0.05) is 12.1 Å². The van der Waals surface area contributed by atoms with Crippen molar-refractivity contribution >= 4 is 23.0 Å². The monoisotopic (exact) mass is 443 g/mol. The minimum atomic E-state index is -0.537. The highest BCUT2D eigenvalue weighted by Gasteiger charge is 2.28. The van der Waals surface area contributed by atoms with Crippen molar-refractivity contribution in [2.24, 2.45) is 0 Å². The van der Waals surface area contributed by atoms with E-state index in [0.29, 0.717) is 54.7 Å². The molecule has 1 aliphatic rings. The van der Waals surface area contributed by atoms with Crippen LogP contribution in [0.4, 0.5) is 5.95 Å². The third kappa shape index (κ3) is 3.75. The number of benzene rings is 1. The summed E-state index contributed by atoms with van der Waals surface area (Å²) in [5.41, 5.74) is 0.615. The highest BCUT2D eigenvalue weighted by atomic mass is 16.5. The first-order valence-electron chi connectivity index (χ1n) is 10.5. The van der Waals surface area contributed by atoms with Crippen molar-refractivity contribution in [2.75, 3.05) is 38.2 Å². The largest absolute Gasteiger partial charge is 0.495 e. The number of aromatic nitrogens is 5. The summed E-state index contributed by atoms with van der Waals surface area (Å²) in [6, 6.07) is 12.3. The van der Waals surface area contributed by atoms with E-state index in [-0.39, 0.29) is 5.69 Å². The standard InChI is InChI=1S/C23H21N7O3/c1-33-18-8-3-2-7-17(18)30-20-16(6-4-9-24-20)27-19(22(30)32)21(31)28-12-14-29(15-13-28)23-25-10-5-11-26-23/h2-11H,12-15H2,1H3. The number of amides is 1. The normalized spacial score (nSPS) is 13.8. The maximum absolute atomic E-state index is 13.5. The molecule has 1 saturated heterocycles. The first-order valence-corrected chi connectivity index (χ1v) is 10.5. The zero-order valence-corrected chi connectivity index (χ0v) is 18.0. The maximum Gasteiger partial charge on any atom is 0.288 e. The van der Waals surface area contributed by atoms with Gasteiger partial charge in [-0.2, -0.15) is 0 Å². The molecule has 0 unspecified atom stereocenters. The molecule has 4 aromatic rings. The molecular weight excluding hydrogens is 422 g/mol. The summed E-state index contributed by atoms with van der Waals surface area (Å²) in [5, 5.41) is 0. The highest BCUT2D eigenvalue weighted by Crippen LogP contribution is 2.23. The molecule has 0 radical (unpaired) electrons. The fourth-order valence-corrected chi connectivity index (χ4v) is 3.91. The molecule has 0 aliphatic carbocycles. The quantitative estimate of drug-likeness (QED) is 0.468. The number of rotatable bonds is 4. The molecule has 4 heterocycles. The first-order chi connectivity index (χ1) is 16.2. The van der Waals surface area contributed by atoms with E-state index >= 15 is 0 Å². The lowest BCUT2D eigenvalue weighted by Crippen LogP contribution is -2.50. The lowest BCUT2D eigenvalue weighted by atomic mass is 10.2. The van der Waals surface area contributed by atoms with Gasteiger partial charge in [0, 0.05) is 44.8 Å². The number of anilines is 1. The first kappa shape index (κ1) is 20.6. The Bertz CT molecular complexity index is 1370. The minimum Gasteiger partial charge on any atom is -0.495 e. The van der Waals surface area contributed by atoms with Crippen molar-refractivity contribution in [3.05, 3.63) is 77.1 Å². The molecule has 5 rings (SSSR count). The van der Waals surface area contributed by atoms with Crippen LogP contribution in [0.2, 0.25) is 0 Å². The Labute approximate surface area is 189 Å². The fraction of sp³-hybridized carbons (Fsp3) is 0.217. The number of hydrogen-bond donors (Lipinski definition) is 0. The van der Waals surface area contributed by atoms with Crippen LogP contribution in [-0.2, 0) is 0 Å². The number of hydrogen-bond acceptors (Lipinski definition) is 8. The molecule has 0 N–H and O–H groups in total. The summed E-state index contributed by atoms with van der Waals surface area (Å²) in [5.74, 6) is 0.702. The number of nitrogens with zero attached hydrogens (tertiary/aromatic N) is 7. The molecule has 166 valence electrons. The summed E-state index contributed by atoms with van der Waals surface area (Å²) in [4.78, 5) is 47.9. The fourth-order valence-electron chi connectivity index (χ4n) is 3.91. The van der Waals surface area contributed by atoms with Gasteiger partial charge in [0.15, 0.2) is 11.3 Å². The van der Waals surface area contributed by atoms with Crippen LogP contribution >= 0.6 is 0 Å². The van der Waals surface area contributed by atoms with Crippen molar-refractivity contribution in [2.45, 2.75) is 0 Å². The molecule has 1 amide bonds. The maximum atomic E-state index is 13.5. The molecule has 1 aliphatic heterocycles. The third-order valence-corrected chi connectivity index (χ3v) is 5.55. The average Bonchev–Trinajstić information content (AvgIpc) is 2.88. The van der Waals surface area contributed by atoms with Crippen LogP contribution in [0.5, 0.6) is 5.75 Å². The van der Waals surface area contributed by atoms with E-state index in [1.54, 1.807) is 59.9 Å². The topological polar surface area (TPSA) is 106 Å². The van der Waals surface area contributed by atoms with Crippen molar-refractivity contribution in [1.82, 2.24) is 29.4 Å². The lowest BCUT2D eigenvalue weighted by molar-refractivity contribution is 0.0738. The number of piperazine rings is 1. The van der Waals surface area contributed by atoms with Gasteiger partial charge in [0.2, 0.25) is 5.95 Å². The zero-order valence-electron chi connectivity index (χ0n) is 18.0. The number of ether oxygens (including phenoxy) is 1. The molecule has 0 spiro atoms. The van der Waals surface area contributed by atoms with E-state index in [1.807, 2.05) is 11.0 Å². The summed E-state index contributed by atoms with van der Waals surface area (Å²) < 4.78 is 6.84. The van der Waals surface area contributed by atoms with Gasteiger partial charge in [-0.05, 0) is 30.3 Å². The van der Waals surface area contributed by atoms with E-state index in [9.17, 15) is 9.59 Å². The Morgan fingerprint density at radius 3 is 2.39 bits per heavy atom. The second-order valence-corrected chi connectivity index (χ2v) is 7.45. The van der Waals surface area contributed by atoms with Gasteiger partial charge in [-0.25, -0.2) is 19.9 Å². The molecule has 33 heavy (non-hydrogen) atoms. The SMILES string of the molecule is COc1ccccc1-n1c(=O)c(C(=O)N2CCN(c3ncccn3)CC2)nc2cccnc21. The Balaban J connectivity index is 1.52. The molecule has 10 nitrogen and oxygen atoms in total. The van der Waals surface area contributed by atoms with Crippen LogP contribution in [0.1, 0.15) is 10.5 Å². The Morgan fingerprint density at radius 1 is 0.909 bits per heavy atom. The van der Waals surface area contributed by atoms with Crippen LogP contribution in [0.3, 0.4) is 0 Å². The van der Waals surface area contributed by atoms with Crippen LogP contribution < -0.4 is 15.2 Å². The van der Waals surface area contributed by atoms with Crippen molar-refractivity contribution in [3.63, 3.8) is 0 Å². The van der Waals surface area contributed by atoms with Crippen LogP contribution in [0.25, 0.3) is 16.9 Å². The van der Waals surface area contributed by atoms with Crippen LogP contribution in [0.15, 0.2) is 65.8 Å². The summed E-state index contributed by atoms with van der Waals surface area (Å²) in [6.07, 6.45) is 4.96. The van der Waals surface area contributed by atoms with E-state index in [1.165, 1.54) is 11.7 Å². The molecule has 10 heteroatoms. The second kappa shape index (κ2) is 8.65. The minimum absolute atomic E-state index is 0.147. The number of para-hydroxylation sites is 2. The van der Waals surface area contributed by atoms with Gasteiger partial charge in [0.25, 0.3) is 11.5 Å². The average molecular weight is 443 g/mol. The predicted octanol–water partition coefficient (Wildman–Crippen LogP) is 1.54. The summed E-state index contributed by atoms with van der Waals surface area (Å²) >= 11 is 0. The second-order valence-electron chi connectivity index (χ2n) is 7.45. The Hall–Kier alpha value is -4.34. The van der Waals surface area contributed by atoms with E-state index in [4.69, 9.17) is 4.74 Å². The molecule has 1 fully saturated rings. The van der Waals surface area contributed by atoms with Gasteiger partial charge < -0.3 is 14.5 Å². The van der Waals surface area contributed by atoms with E-state index in [2.05, 4.69) is 19.9 Å². The molecular formula is C23H21N7O3. The Kier molecular flexibility index (Phi) is 5.39. The van der Waals surface area contributed by atoms with Gasteiger partial charge in [0.05, 0.1) is 12.8 Å². The van der Waals surface area contributed by atoms with E-state index in [0.717, 1.165) is 0 Å². The van der Waals surface area contributed by atoms with Crippen LogP contribution in [0, 0.1) is 0 Å².